The molecule has 2 saturated heterocycles. The summed E-state index contributed by atoms with van der Waals surface area (Å²) in [5.41, 5.74) is 1.23. The number of ether oxygens (including phenoxy) is 2. The third kappa shape index (κ3) is 2.96. The Morgan fingerprint density at radius 2 is 1.89 bits per heavy atom. The molecule has 2 fully saturated rings. The first-order valence-corrected chi connectivity index (χ1v) is 6.95. The lowest BCUT2D eigenvalue weighted by molar-refractivity contribution is -0.0631. The van der Waals surface area contributed by atoms with E-state index >= 15 is 0 Å². The molecule has 0 aliphatic carbocycles. The minimum Gasteiger partial charge on any atom is -0.349 e. The van der Waals surface area contributed by atoms with Gasteiger partial charge in [-0.05, 0) is 37.0 Å². The second-order valence-electron chi connectivity index (χ2n) is 5.46. The van der Waals surface area contributed by atoms with Gasteiger partial charge in [0.2, 0.25) is 0 Å². The van der Waals surface area contributed by atoms with Crippen molar-refractivity contribution < 1.29 is 13.9 Å². The largest absolute Gasteiger partial charge is 0.349 e. The van der Waals surface area contributed by atoms with E-state index in [1.807, 2.05) is 12.1 Å². The topological polar surface area (TPSA) is 21.7 Å². The van der Waals surface area contributed by atoms with Crippen LogP contribution in [-0.4, -0.2) is 43.5 Å². The molecule has 4 heteroatoms. The van der Waals surface area contributed by atoms with Gasteiger partial charge in [-0.25, -0.2) is 4.39 Å². The zero-order chi connectivity index (χ0) is 13.2. The van der Waals surface area contributed by atoms with Gasteiger partial charge in [0.05, 0.1) is 13.2 Å². The Bertz CT molecular complexity index is 417. The highest BCUT2D eigenvalue weighted by Gasteiger charge is 2.32. The molecule has 0 spiro atoms. The van der Waals surface area contributed by atoms with Crippen molar-refractivity contribution >= 4 is 0 Å². The number of hydrogen-bond donors (Lipinski definition) is 0. The van der Waals surface area contributed by atoms with Crippen molar-refractivity contribution in [1.82, 2.24) is 4.90 Å². The lowest BCUT2D eigenvalue weighted by Crippen LogP contribution is -2.35. The molecule has 0 bridgehead atoms. The molecule has 2 heterocycles. The third-order valence-electron chi connectivity index (χ3n) is 4.12. The molecule has 0 radical (unpaired) electrons. The predicted octanol–water partition coefficient (Wildman–Crippen LogP) is 2.38. The van der Waals surface area contributed by atoms with Crippen molar-refractivity contribution in [2.24, 2.45) is 0 Å². The van der Waals surface area contributed by atoms with Crippen molar-refractivity contribution in [2.75, 3.05) is 26.3 Å². The van der Waals surface area contributed by atoms with Gasteiger partial charge >= 0.3 is 0 Å². The standard InChI is InChI=1S/C15H20FNO2/c1-11-8-13(12-2-4-14(16)5-3-12)9-17(11)10-15-18-6-7-19-15/h2-5,11,13,15H,6-10H2,1H3. The number of rotatable bonds is 3. The zero-order valence-electron chi connectivity index (χ0n) is 11.2. The maximum atomic E-state index is 13.0. The maximum Gasteiger partial charge on any atom is 0.170 e. The average Bonchev–Trinajstić information content (AvgIpc) is 3.02. The number of nitrogens with zero attached hydrogens (tertiary/aromatic N) is 1. The first kappa shape index (κ1) is 13.0. The van der Waals surface area contributed by atoms with E-state index in [1.54, 1.807) is 12.1 Å². The normalized spacial score (nSPS) is 29.2. The van der Waals surface area contributed by atoms with Crippen molar-refractivity contribution in [1.29, 1.82) is 0 Å². The minimum atomic E-state index is -0.167. The van der Waals surface area contributed by atoms with Gasteiger partial charge in [0.15, 0.2) is 6.29 Å². The number of likely N-dealkylation sites (tertiary alicyclic amines) is 1. The van der Waals surface area contributed by atoms with Crippen LogP contribution in [0.15, 0.2) is 24.3 Å². The zero-order valence-corrected chi connectivity index (χ0v) is 11.2. The van der Waals surface area contributed by atoms with E-state index in [2.05, 4.69) is 11.8 Å². The van der Waals surface area contributed by atoms with Crippen molar-refractivity contribution in [3.8, 4) is 0 Å². The van der Waals surface area contributed by atoms with E-state index in [1.165, 1.54) is 5.56 Å². The highest BCUT2D eigenvalue weighted by atomic mass is 19.1. The molecule has 3 rings (SSSR count). The molecular weight excluding hydrogens is 245 g/mol. The van der Waals surface area contributed by atoms with Crippen molar-refractivity contribution in [3.05, 3.63) is 35.6 Å². The summed E-state index contributed by atoms with van der Waals surface area (Å²) in [7, 11) is 0. The third-order valence-corrected chi connectivity index (χ3v) is 4.12. The van der Waals surface area contributed by atoms with Crippen LogP contribution in [0.5, 0.6) is 0 Å². The van der Waals surface area contributed by atoms with Gasteiger partial charge in [0.1, 0.15) is 5.82 Å². The van der Waals surface area contributed by atoms with Crippen LogP contribution < -0.4 is 0 Å². The Morgan fingerprint density at radius 1 is 1.21 bits per heavy atom. The van der Waals surface area contributed by atoms with E-state index in [0.29, 0.717) is 25.2 Å². The fourth-order valence-electron chi connectivity index (χ4n) is 3.03. The summed E-state index contributed by atoms with van der Waals surface area (Å²) in [5, 5.41) is 0. The van der Waals surface area contributed by atoms with Gasteiger partial charge in [0, 0.05) is 19.1 Å². The van der Waals surface area contributed by atoms with Crippen LogP contribution in [0.25, 0.3) is 0 Å². The lowest BCUT2D eigenvalue weighted by Gasteiger charge is -2.23. The molecule has 1 aromatic carbocycles. The van der Waals surface area contributed by atoms with E-state index in [0.717, 1.165) is 19.5 Å². The van der Waals surface area contributed by atoms with E-state index in [9.17, 15) is 4.39 Å². The molecule has 0 amide bonds. The van der Waals surface area contributed by atoms with Crippen LogP contribution >= 0.6 is 0 Å². The van der Waals surface area contributed by atoms with Crippen LogP contribution in [0.2, 0.25) is 0 Å². The van der Waals surface area contributed by atoms with Gasteiger partial charge in [-0.3, -0.25) is 4.90 Å². The van der Waals surface area contributed by atoms with E-state index in [4.69, 9.17) is 9.47 Å². The summed E-state index contributed by atoms with van der Waals surface area (Å²) < 4.78 is 24.0. The van der Waals surface area contributed by atoms with Crippen LogP contribution in [0, 0.1) is 5.82 Å². The summed E-state index contributed by atoms with van der Waals surface area (Å²) in [4.78, 5) is 2.41. The SMILES string of the molecule is CC1CC(c2ccc(F)cc2)CN1CC1OCCO1. The number of benzene rings is 1. The van der Waals surface area contributed by atoms with Crippen LogP contribution in [0.4, 0.5) is 4.39 Å². The molecule has 1 aromatic rings. The second-order valence-corrected chi connectivity index (χ2v) is 5.46. The molecule has 2 aliphatic heterocycles. The fourth-order valence-corrected chi connectivity index (χ4v) is 3.03. The molecule has 2 aliphatic rings. The number of hydrogen-bond acceptors (Lipinski definition) is 3. The molecule has 19 heavy (non-hydrogen) atoms. The van der Waals surface area contributed by atoms with Crippen LogP contribution in [-0.2, 0) is 9.47 Å². The lowest BCUT2D eigenvalue weighted by atomic mass is 9.97. The van der Waals surface area contributed by atoms with Crippen molar-refractivity contribution in [3.63, 3.8) is 0 Å². The molecule has 104 valence electrons. The molecule has 0 N–H and O–H groups in total. The molecular formula is C15H20FNO2. The summed E-state index contributed by atoms with van der Waals surface area (Å²) in [6, 6.07) is 7.41. The molecule has 2 unspecified atom stereocenters. The van der Waals surface area contributed by atoms with E-state index in [-0.39, 0.29) is 12.1 Å². The molecule has 3 nitrogen and oxygen atoms in total. The summed E-state index contributed by atoms with van der Waals surface area (Å²) in [5.74, 6) is 0.316. The Kier molecular flexibility index (Phi) is 3.82. The summed E-state index contributed by atoms with van der Waals surface area (Å²) in [6.45, 7) is 5.47. The average molecular weight is 265 g/mol. The van der Waals surface area contributed by atoms with Gasteiger partial charge in [-0.2, -0.15) is 0 Å². The molecule has 2 atom stereocenters. The maximum absolute atomic E-state index is 13.0. The molecule has 0 saturated carbocycles. The number of halogens is 1. The quantitative estimate of drug-likeness (QED) is 0.837. The van der Waals surface area contributed by atoms with Crippen LogP contribution in [0.3, 0.4) is 0 Å². The fraction of sp³-hybridized carbons (Fsp3) is 0.600. The second kappa shape index (κ2) is 5.57. The minimum absolute atomic E-state index is 0.0746. The van der Waals surface area contributed by atoms with Crippen LogP contribution in [0.1, 0.15) is 24.8 Å². The van der Waals surface area contributed by atoms with E-state index < -0.39 is 0 Å². The highest BCUT2D eigenvalue weighted by molar-refractivity contribution is 5.22. The van der Waals surface area contributed by atoms with Gasteiger partial charge in [0.25, 0.3) is 0 Å². The van der Waals surface area contributed by atoms with Gasteiger partial charge in [-0.1, -0.05) is 12.1 Å². The predicted molar refractivity (Wildman–Crippen MR) is 70.5 cm³/mol. The first-order valence-electron chi connectivity index (χ1n) is 6.95. The Labute approximate surface area is 113 Å². The summed E-state index contributed by atoms with van der Waals surface area (Å²) >= 11 is 0. The molecule has 0 aromatic heterocycles. The Hall–Kier alpha value is -0.970. The van der Waals surface area contributed by atoms with Gasteiger partial charge < -0.3 is 9.47 Å². The van der Waals surface area contributed by atoms with Gasteiger partial charge in [-0.15, -0.1) is 0 Å². The smallest absolute Gasteiger partial charge is 0.170 e. The highest BCUT2D eigenvalue weighted by Crippen LogP contribution is 2.32. The Morgan fingerprint density at radius 3 is 2.58 bits per heavy atom. The first-order chi connectivity index (χ1) is 9.22. The van der Waals surface area contributed by atoms with Crippen molar-refractivity contribution in [2.45, 2.75) is 31.6 Å². The monoisotopic (exact) mass is 265 g/mol. The summed E-state index contributed by atoms with van der Waals surface area (Å²) in [6.07, 6.45) is 1.03. The Balaban J connectivity index is 1.62.